The van der Waals surface area contributed by atoms with Crippen LogP contribution in [0.15, 0.2) is 52.1 Å². The molecular formula is C25H22N6O5. The number of nitrogens with zero attached hydrogens (tertiary/aromatic N) is 5. The second kappa shape index (κ2) is 8.01. The molecule has 1 fully saturated rings. The quantitative estimate of drug-likeness (QED) is 0.434. The van der Waals surface area contributed by atoms with Gasteiger partial charge in [-0.05, 0) is 36.8 Å². The number of oxazole rings is 1. The Kier molecular flexibility index (Phi) is 4.88. The zero-order valence-corrected chi connectivity index (χ0v) is 19.6. The fraction of sp³-hybridized carbons (Fsp3) is 0.280. The zero-order valence-electron chi connectivity index (χ0n) is 19.6. The molecular weight excluding hydrogens is 464 g/mol. The number of ketones is 1. The summed E-state index contributed by atoms with van der Waals surface area (Å²) in [5.74, 6) is 0.358. The summed E-state index contributed by atoms with van der Waals surface area (Å²) in [6, 6.07) is 8.70. The molecule has 11 heteroatoms. The first-order valence-corrected chi connectivity index (χ1v) is 11.5. The number of amides is 1. The molecule has 1 aromatic carbocycles. The molecule has 0 atom stereocenters. The number of pyridine rings is 1. The summed E-state index contributed by atoms with van der Waals surface area (Å²) in [6.45, 7) is 2.95. The number of hydrogen-bond acceptors (Lipinski definition) is 9. The first-order chi connectivity index (χ1) is 17.3. The van der Waals surface area contributed by atoms with E-state index >= 15 is 0 Å². The molecule has 0 aliphatic carbocycles. The van der Waals surface area contributed by atoms with Crippen LogP contribution in [0.1, 0.15) is 40.0 Å². The Morgan fingerprint density at radius 1 is 1.11 bits per heavy atom. The maximum absolute atomic E-state index is 13.3. The smallest absolute Gasteiger partial charge is 0.419 e. The van der Waals surface area contributed by atoms with E-state index in [9.17, 15) is 14.4 Å². The van der Waals surface area contributed by atoms with E-state index < -0.39 is 17.5 Å². The first-order valence-electron chi connectivity index (χ1n) is 11.5. The maximum Gasteiger partial charge on any atom is 0.419 e. The van der Waals surface area contributed by atoms with Gasteiger partial charge in [-0.3, -0.25) is 14.7 Å². The molecule has 4 aromatic rings. The van der Waals surface area contributed by atoms with E-state index in [2.05, 4.69) is 20.3 Å². The molecule has 0 radical (unpaired) electrons. The van der Waals surface area contributed by atoms with E-state index in [0.29, 0.717) is 54.2 Å². The molecule has 1 spiro atoms. The van der Waals surface area contributed by atoms with Crippen LogP contribution in [0, 0.1) is 6.92 Å². The Morgan fingerprint density at radius 2 is 1.92 bits per heavy atom. The van der Waals surface area contributed by atoms with Crippen molar-refractivity contribution >= 4 is 34.6 Å². The molecule has 36 heavy (non-hydrogen) atoms. The standard InChI is InChI=1S/C25H22N6O5/c1-14-10-15(11-18-20(14)30(2)24(34)35-18)21(32)17-12-19(28-13-27-17)31-8-5-25(6-9-31)16-4-3-7-26-22(16)29-23(33)36-25/h3-4,7,10-13H,5-6,8-9H2,1-2H3,(H,26,29,33). The highest BCUT2D eigenvalue weighted by atomic mass is 16.6. The summed E-state index contributed by atoms with van der Waals surface area (Å²) in [7, 11) is 1.63. The molecule has 1 saturated heterocycles. The van der Waals surface area contributed by atoms with E-state index in [4.69, 9.17) is 9.15 Å². The van der Waals surface area contributed by atoms with Crippen molar-refractivity contribution in [2.75, 3.05) is 23.3 Å². The number of ether oxygens (including phenoxy) is 1. The number of carbonyl (C=O) groups excluding carboxylic acids is 2. The number of nitrogens with one attached hydrogen (secondary N) is 1. The van der Waals surface area contributed by atoms with Gasteiger partial charge >= 0.3 is 11.8 Å². The third-order valence-corrected chi connectivity index (χ3v) is 6.92. The van der Waals surface area contributed by atoms with Gasteiger partial charge in [0.05, 0.1) is 5.52 Å². The summed E-state index contributed by atoms with van der Waals surface area (Å²) in [5, 5.41) is 2.66. The molecule has 0 bridgehead atoms. The van der Waals surface area contributed by atoms with Crippen molar-refractivity contribution in [3.05, 3.63) is 75.8 Å². The highest BCUT2D eigenvalue weighted by Crippen LogP contribution is 2.43. The summed E-state index contributed by atoms with van der Waals surface area (Å²) in [5.41, 5.74) is 2.49. The number of anilines is 2. The summed E-state index contributed by atoms with van der Waals surface area (Å²) in [6.07, 6.45) is 3.60. The molecule has 0 saturated carbocycles. The second-order valence-electron chi connectivity index (χ2n) is 9.05. The number of rotatable bonds is 3. The van der Waals surface area contributed by atoms with Gasteiger partial charge in [-0.2, -0.15) is 0 Å². The predicted octanol–water partition coefficient (Wildman–Crippen LogP) is 2.91. The van der Waals surface area contributed by atoms with Gasteiger partial charge < -0.3 is 14.1 Å². The normalized spacial score (nSPS) is 16.5. The minimum Gasteiger partial charge on any atom is -0.437 e. The van der Waals surface area contributed by atoms with Gasteiger partial charge in [-0.1, -0.05) is 0 Å². The monoisotopic (exact) mass is 486 g/mol. The molecule has 1 N–H and O–H groups in total. The lowest BCUT2D eigenvalue weighted by Gasteiger charge is -2.44. The van der Waals surface area contributed by atoms with Crippen molar-refractivity contribution in [1.82, 2.24) is 19.5 Å². The maximum atomic E-state index is 13.3. The molecule has 6 rings (SSSR count). The number of hydrogen-bond donors (Lipinski definition) is 1. The second-order valence-corrected chi connectivity index (χ2v) is 9.05. The van der Waals surface area contributed by atoms with E-state index in [-0.39, 0.29) is 11.5 Å². The average molecular weight is 486 g/mol. The van der Waals surface area contributed by atoms with Gasteiger partial charge in [-0.25, -0.2) is 24.5 Å². The Hall–Kier alpha value is -4.54. The topological polar surface area (TPSA) is 132 Å². The van der Waals surface area contributed by atoms with E-state index in [1.165, 1.54) is 10.9 Å². The number of fused-ring (bicyclic) bond motifs is 3. The number of aryl methyl sites for hydroxylation is 2. The molecule has 5 heterocycles. The van der Waals surface area contributed by atoms with Gasteiger partial charge in [0.15, 0.2) is 5.58 Å². The van der Waals surface area contributed by atoms with E-state index in [1.807, 2.05) is 24.0 Å². The fourth-order valence-electron chi connectivity index (χ4n) is 5.13. The van der Waals surface area contributed by atoms with E-state index in [1.54, 1.807) is 31.4 Å². The number of piperidine rings is 1. The highest BCUT2D eigenvalue weighted by Gasteiger charge is 2.45. The Labute approximate surface area is 204 Å². The molecule has 0 unspecified atom stereocenters. The van der Waals surface area contributed by atoms with Crippen LogP contribution in [0.3, 0.4) is 0 Å². The van der Waals surface area contributed by atoms with Crippen molar-refractivity contribution in [3.8, 4) is 0 Å². The van der Waals surface area contributed by atoms with Gasteiger partial charge in [0.2, 0.25) is 5.78 Å². The van der Waals surface area contributed by atoms with Crippen molar-refractivity contribution in [2.24, 2.45) is 7.05 Å². The van der Waals surface area contributed by atoms with Crippen molar-refractivity contribution in [2.45, 2.75) is 25.4 Å². The van der Waals surface area contributed by atoms with Crippen LogP contribution in [0.25, 0.3) is 11.1 Å². The SMILES string of the molecule is Cc1cc(C(=O)c2cc(N3CCC4(CC3)OC(=O)Nc3ncccc34)ncn2)cc2oc(=O)n(C)c12. The molecule has 2 aliphatic rings. The lowest BCUT2D eigenvalue weighted by atomic mass is 9.83. The Balaban J connectivity index is 1.26. The summed E-state index contributed by atoms with van der Waals surface area (Å²) < 4.78 is 12.5. The largest absolute Gasteiger partial charge is 0.437 e. The van der Waals surface area contributed by atoms with Gasteiger partial charge in [0.1, 0.15) is 29.3 Å². The molecule has 11 nitrogen and oxygen atoms in total. The summed E-state index contributed by atoms with van der Waals surface area (Å²) in [4.78, 5) is 52.2. The molecule has 3 aromatic heterocycles. The highest BCUT2D eigenvalue weighted by molar-refractivity contribution is 6.09. The minimum absolute atomic E-state index is 0.236. The van der Waals surface area contributed by atoms with Crippen LogP contribution in [0.2, 0.25) is 0 Å². The first kappa shape index (κ1) is 22.0. The lowest BCUT2D eigenvalue weighted by Crippen LogP contribution is -2.48. The third kappa shape index (κ3) is 3.43. The molecule has 2 aliphatic heterocycles. The molecule has 182 valence electrons. The Bertz CT molecular complexity index is 1600. The predicted molar refractivity (Wildman–Crippen MR) is 129 cm³/mol. The third-order valence-electron chi connectivity index (χ3n) is 6.92. The molecule has 1 amide bonds. The average Bonchev–Trinajstić information content (AvgIpc) is 3.17. The fourth-order valence-corrected chi connectivity index (χ4v) is 5.13. The summed E-state index contributed by atoms with van der Waals surface area (Å²) >= 11 is 0. The number of carbonyl (C=O) groups is 2. The van der Waals surface area contributed by atoms with Crippen LogP contribution in [-0.2, 0) is 17.4 Å². The van der Waals surface area contributed by atoms with Crippen molar-refractivity contribution in [1.29, 1.82) is 0 Å². The van der Waals surface area contributed by atoms with Crippen LogP contribution >= 0.6 is 0 Å². The van der Waals surface area contributed by atoms with Gasteiger partial charge in [0, 0.05) is 56.4 Å². The number of benzene rings is 1. The van der Waals surface area contributed by atoms with Crippen molar-refractivity contribution < 1.29 is 18.7 Å². The van der Waals surface area contributed by atoms with Crippen LogP contribution < -0.4 is 16.0 Å². The van der Waals surface area contributed by atoms with Crippen LogP contribution in [0.4, 0.5) is 16.4 Å². The van der Waals surface area contributed by atoms with Crippen LogP contribution in [0.5, 0.6) is 0 Å². The zero-order chi connectivity index (χ0) is 25.0. The van der Waals surface area contributed by atoms with Crippen LogP contribution in [-0.4, -0.2) is 44.5 Å². The lowest BCUT2D eigenvalue weighted by molar-refractivity contribution is -0.00854. The Morgan fingerprint density at radius 3 is 2.72 bits per heavy atom. The number of aromatic nitrogens is 4. The van der Waals surface area contributed by atoms with E-state index in [0.717, 1.165) is 11.1 Å². The van der Waals surface area contributed by atoms with Gasteiger partial charge in [0.25, 0.3) is 0 Å². The van der Waals surface area contributed by atoms with Crippen molar-refractivity contribution in [3.63, 3.8) is 0 Å². The van der Waals surface area contributed by atoms with Gasteiger partial charge in [-0.15, -0.1) is 0 Å². The minimum atomic E-state index is -0.749.